The third kappa shape index (κ3) is 2.80. The molecule has 0 radical (unpaired) electrons. The van der Waals surface area contributed by atoms with Crippen LogP contribution < -0.4 is 0 Å². The van der Waals surface area contributed by atoms with Crippen molar-refractivity contribution in [3.8, 4) is 0 Å². The Hall–Kier alpha value is -3.05. The number of para-hydroxylation sites is 1. The van der Waals surface area contributed by atoms with Crippen molar-refractivity contribution in [2.45, 2.75) is 18.4 Å². The predicted molar refractivity (Wildman–Crippen MR) is 108 cm³/mol. The normalized spacial score (nSPS) is 20.0. The van der Waals surface area contributed by atoms with E-state index in [-0.39, 0.29) is 17.7 Å². The number of allylic oxidation sites excluding steroid dienone is 2. The molecule has 4 aromatic rings. The third-order valence-corrected chi connectivity index (χ3v) is 6.13. The van der Waals surface area contributed by atoms with Crippen molar-refractivity contribution in [3.05, 3.63) is 88.6 Å². The Kier molecular flexibility index (Phi) is 3.94. The molecule has 27 heavy (non-hydrogen) atoms. The molecule has 0 bridgehead atoms. The highest BCUT2D eigenvalue weighted by atomic mass is 32.1. The molecular weight excluding hydrogens is 354 g/mol. The fraction of sp³-hybridized carbons (Fsp3) is 0.136. The molecule has 0 amide bonds. The van der Waals surface area contributed by atoms with Gasteiger partial charge in [0, 0.05) is 10.8 Å². The molecule has 0 N–H and O–H groups in total. The molecule has 2 aromatic carbocycles. The van der Waals surface area contributed by atoms with E-state index in [1.165, 1.54) is 4.88 Å². The highest BCUT2D eigenvalue weighted by molar-refractivity contribution is 7.10. The van der Waals surface area contributed by atoms with E-state index in [0.717, 1.165) is 28.6 Å². The van der Waals surface area contributed by atoms with Gasteiger partial charge >= 0.3 is 0 Å². The molecule has 0 spiro atoms. The van der Waals surface area contributed by atoms with Crippen LogP contribution in [0.5, 0.6) is 0 Å². The number of hydrogen-bond donors (Lipinski definition) is 0. The van der Waals surface area contributed by atoms with Crippen molar-refractivity contribution < 1.29 is 4.79 Å². The Morgan fingerprint density at radius 2 is 1.78 bits per heavy atom. The first-order valence-corrected chi connectivity index (χ1v) is 9.82. The van der Waals surface area contributed by atoms with Crippen LogP contribution in [-0.4, -0.2) is 20.8 Å². The molecule has 0 saturated carbocycles. The zero-order valence-corrected chi connectivity index (χ0v) is 15.3. The molecule has 0 fully saturated rings. The van der Waals surface area contributed by atoms with Crippen LogP contribution in [0.2, 0.25) is 0 Å². The average molecular weight is 371 g/mol. The largest absolute Gasteiger partial charge is 0.292 e. The molecule has 5 rings (SSSR count). The molecule has 1 aliphatic rings. The maximum Gasteiger partial charge on any atom is 0.181 e. The maximum atomic E-state index is 13.3. The Bertz CT molecular complexity index is 1130. The summed E-state index contributed by atoms with van der Waals surface area (Å²) in [6, 6.07) is 21.7. The van der Waals surface area contributed by atoms with E-state index in [4.69, 9.17) is 0 Å². The fourth-order valence-electron chi connectivity index (χ4n) is 3.86. The van der Waals surface area contributed by atoms with Gasteiger partial charge in [0.1, 0.15) is 11.6 Å². The monoisotopic (exact) mass is 371 g/mol. The molecule has 0 aliphatic heterocycles. The molecule has 0 saturated heterocycles. The minimum Gasteiger partial charge on any atom is -0.292 e. The second-order valence-corrected chi connectivity index (χ2v) is 7.71. The number of aromatic nitrogens is 3. The van der Waals surface area contributed by atoms with Crippen molar-refractivity contribution in [2.75, 3.05) is 0 Å². The van der Waals surface area contributed by atoms with E-state index >= 15 is 0 Å². The van der Waals surface area contributed by atoms with Gasteiger partial charge in [-0.3, -0.25) is 4.79 Å². The minimum atomic E-state index is -0.372. The summed E-state index contributed by atoms with van der Waals surface area (Å²) in [6.45, 7) is 0. The molecule has 0 unspecified atom stereocenters. The highest BCUT2D eigenvalue weighted by Gasteiger charge is 2.37. The summed E-state index contributed by atoms with van der Waals surface area (Å²) in [5.74, 6) is 0.122. The molecule has 1 aliphatic carbocycles. The Morgan fingerprint density at radius 3 is 2.59 bits per heavy atom. The number of thiophene rings is 1. The standard InChI is InChI=1S/C22H17N3OS/c26-20-14-16(15-7-2-1-3-8-15)13-17(21-11-6-12-27-21)22(20)25-19-10-5-4-9-18(19)23-24-25/h1-12,14,17,22H,13H2/t17-,22+/m1/s1. The SMILES string of the molecule is O=C1C=C(c2ccccc2)C[C@H](c2cccs2)[C@@H]1n1nnc2ccccc21. The second kappa shape index (κ2) is 6.59. The Labute approximate surface area is 160 Å². The zero-order chi connectivity index (χ0) is 18.2. The van der Waals surface area contributed by atoms with Crippen molar-refractivity contribution in [2.24, 2.45) is 0 Å². The maximum absolute atomic E-state index is 13.3. The van der Waals surface area contributed by atoms with Gasteiger partial charge in [0.05, 0.1) is 5.52 Å². The van der Waals surface area contributed by atoms with E-state index in [2.05, 4.69) is 33.9 Å². The van der Waals surface area contributed by atoms with Gasteiger partial charge in [0.2, 0.25) is 0 Å². The van der Waals surface area contributed by atoms with E-state index in [1.54, 1.807) is 22.1 Å². The van der Waals surface area contributed by atoms with E-state index in [9.17, 15) is 4.79 Å². The molecular formula is C22H17N3OS. The van der Waals surface area contributed by atoms with Crippen LogP contribution in [-0.2, 0) is 4.79 Å². The lowest BCUT2D eigenvalue weighted by atomic mass is 9.80. The molecule has 2 atom stereocenters. The van der Waals surface area contributed by atoms with E-state index in [1.807, 2.05) is 48.5 Å². The van der Waals surface area contributed by atoms with E-state index < -0.39 is 0 Å². The molecule has 5 heteroatoms. The number of fused-ring (bicyclic) bond motifs is 1. The number of nitrogens with zero attached hydrogens (tertiary/aromatic N) is 3. The molecule has 2 aromatic heterocycles. The van der Waals surface area contributed by atoms with Gasteiger partial charge in [-0.05, 0) is 47.2 Å². The zero-order valence-electron chi connectivity index (χ0n) is 14.5. The van der Waals surface area contributed by atoms with E-state index in [0.29, 0.717) is 0 Å². The van der Waals surface area contributed by atoms with Crippen LogP contribution in [0.15, 0.2) is 78.2 Å². The van der Waals surface area contributed by atoms with Crippen molar-refractivity contribution in [1.29, 1.82) is 0 Å². The first kappa shape index (κ1) is 16.1. The lowest BCUT2D eigenvalue weighted by molar-refractivity contribution is -0.118. The summed E-state index contributed by atoms with van der Waals surface area (Å²) in [5, 5.41) is 10.7. The van der Waals surface area contributed by atoms with Gasteiger partial charge in [-0.2, -0.15) is 0 Å². The highest BCUT2D eigenvalue weighted by Crippen LogP contribution is 2.44. The summed E-state index contributed by atoms with van der Waals surface area (Å²) in [5.41, 5.74) is 3.90. The molecule has 132 valence electrons. The smallest absolute Gasteiger partial charge is 0.181 e. The van der Waals surface area contributed by atoms with Gasteiger partial charge in [-0.25, -0.2) is 4.68 Å². The average Bonchev–Trinajstić information content (AvgIpc) is 3.38. The van der Waals surface area contributed by atoms with Crippen molar-refractivity contribution in [1.82, 2.24) is 15.0 Å². The van der Waals surface area contributed by atoms with Crippen molar-refractivity contribution >= 4 is 33.7 Å². The summed E-state index contributed by atoms with van der Waals surface area (Å²) in [4.78, 5) is 14.5. The van der Waals surface area contributed by atoms with Gasteiger partial charge in [-0.1, -0.05) is 53.7 Å². The van der Waals surface area contributed by atoms with Gasteiger partial charge < -0.3 is 0 Å². The predicted octanol–water partition coefficient (Wildman–Crippen LogP) is 4.87. The quantitative estimate of drug-likeness (QED) is 0.516. The van der Waals surface area contributed by atoms with Crippen LogP contribution in [0.4, 0.5) is 0 Å². The molecule has 2 heterocycles. The lowest BCUT2D eigenvalue weighted by Gasteiger charge is -2.30. The van der Waals surface area contributed by atoms with Crippen LogP contribution in [0, 0.1) is 0 Å². The molecule has 4 nitrogen and oxygen atoms in total. The van der Waals surface area contributed by atoms with Crippen LogP contribution in [0.3, 0.4) is 0 Å². The third-order valence-electron chi connectivity index (χ3n) is 5.12. The Balaban J connectivity index is 1.65. The summed E-state index contributed by atoms with van der Waals surface area (Å²) < 4.78 is 1.81. The first-order valence-electron chi connectivity index (χ1n) is 8.94. The van der Waals surface area contributed by atoms with Crippen LogP contribution in [0.1, 0.15) is 28.8 Å². The summed E-state index contributed by atoms with van der Waals surface area (Å²) >= 11 is 1.69. The lowest BCUT2D eigenvalue weighted by Crippen LogP contribution is -2.29. The van der Waals surface area contributed by atoms with Gasteiger partial charge in [0.15, 0.2) is 5.78 Å². The van der Waals surface area contributed by atoms with Crippen molar-refractivity contribution in [3.63, 3.8) is 0 Å². The topological polar surface area (TPSA) is 47.8 Å². The summed E-state index contributed by atoms with van der Waals surface area (Å²) in [7, 11) is 0. The number of ketones is 1. The fourth-order valence-corrected chi connectivity index (χ4v) is 4.72. The minimum absolute atomic E-state index is 0.0443. The second-order valence-electron chi connectivity index (χ2n) is 6.73. The van der Waals surface area contributed by atoms with Crippen LogP contribution in [0.25, 0.3) is 16.6 Å². The number of carbonyl (C=O) groups is 1. The number of carbonyl (C=O) groups excluding carboxylic acids is 1. The first-order chi connectivity index (χ1) is 13.3. The Morgan fingerprint density at radius 1 is 0.963 bits per heavy atom. The number of benzene rings is 2. The van der Waals surface area contributed by atoms with Gasteiger partial charge in [-0.15, -0.1) is 16.4 Å². The summed E-state index contributed by atoms with van der Waals surface area (Å²) in [6.07, 6.45) is 2.59. The number of rotatable bonds is 3. The van der Waals surface area contributed by atoms with Gasteiger partial charge in [0.25, 0.3) is 0 Å². The van der Waals surface area contributed by atoms with Crippen LogP contribution >= 0.6 is 11.3 Å². The number of hydrogen-bond acceptors (Lipinski definition) is 4.